The second kappa shape index (κ2) is 6.75. The number of likely N-dealkylation sites (N-methyl/N-ethyl adjacent to an activating group) is 1. The molecule has 0 saturated carbocycles. The van der Waals surface area contributed by atoms with E-state index >= 15 is 0 Å². The minimum absolute atomic E-state index is 0.0310. The third-order valence-corrected chi connectivity index (χ3v) is 2.83. The number of hydrogen-bond acceptors (Lipinski definition) is 3. The highest BCUT2D eigenvalue weighted by Gasteiger charge is 2.19. The zero-order valence-electron chi connectivity index (χ0n) is 13.1. The lowest BCUT2D eigenvalue weighted by Gasteiger charge is -2.25. The predicted octanol–water partition coefficient (Wildman–Crippen LogP) is 2.30. The van der Waals surface area contributed by atoms with Gasteiger partial charge in [-0.25, -0.2) is 0 Å². The summed E-state index contributed by atoms with van der Waals surface area (Å²) in [6.07, 6.45) is 0.305. The van der Waals surface area contributed by atoms with Crippen LogP contribution in [0.4, 0.5) is 0 Å². The first-order chi connectivity index (χ1) is 9.17. The highest BCUT2D eigenvalue weighted by molar-refractivity contribution is 5.76. The van der Waals surface area contributed by atoms with Crippen molar-refractivity contribution in [2.45, 2.75) is 39.7 Å². The van der Waals surface area contributed by atoms with Gasteiger partial charge in [-0.2, -0.15) is 0 Å². The molecule has 1 N–H and O–H groups in total. The van der Waals surface area contributed by atoms with Crippen LogP contribution in [0.1, 0.15) is 31.4 Å². The van der Waals surface area contributed by atoms with Crippen molar-refractivity contribution < 1.29 is 14.6 Å². The normalized spacial score (nSPS) is 11.3. The first-order valence-corrected chi connectivity index (χ1v) is 6.85. The predicted molar refractivity (Wildman–Crippen MR) is 80.0 cm³/mol. The lowest BCUT2D eigenvalue weighted by Crippen LogP contribution is -2.40. The number of carbonyl (C=O) groups excluding carboxylic acids is 1. The van der Waals surface area contributed by atoms with E-state index in [1.165, 1.54) is 4.90 Å². The summed E-state index contributed by atoms with van der Waals surface area (Å²) in [5.74, 6) is 0.761. The summed E-state index contributed by atoms with van der Waals surface area (Å²) in [5.41, 5.74) is 1.41. The Morgan fingerprint density at radius 2 is 1.80 bits per heavy atom. The van der Waals surface area contributed by atoms with E-state index in [1.54, 1.807) is 20.9 Å². The van der Waals surface area contributed by atoms with E-state index in [9.17, 15) is 9.90 Å². The number of amides is 1. The molecule has 112 valence electrons. The lowest BCUT2D eigenvalue weighted by molar-refractivity contribution is -0.133. The maximum atomic E-state index is 11.9. The van der Waals surface area contributed by atoms with Crippen LogP contribution in [0, 0.1) is 13.8 Å². The molecule has 1 aromatic rings. The number of benzene rings is 1. The topological polar surface area (TPSA) is 49.8 Å². The molecule has 1 rings (SSSR count). The number of nitrogens with zero attached hydrogens (tertiary/aromatic N) is 1. The Kier molecular flexibility index (Phi) is 5.57. The van der Waals surface area contributed by atoms with Crippen LogP contribution in [0.5, 0.6) is 5.75 Å². The molecule has 0 unspecified atom stereocenters. The van der Waals surface area contributed by atoms with Crippen molar-refractivity contribution in [2.24, 2.45) is 0 Å². The number of carbonyl (C=O) groups is 1. The fourth-order valence-corrected chi connectivity index (χ4v) is 2.13. The number of ether oxygens (including phenoxy) is 1. The van der Waals surface area contributed by atoms with Gasteiger partial charge in [0.1, 0.15) is 5.75 Å². The summed E-state index contributed by atoms with van der Waals surface area (Å²) >= 11 is 0. The van der Waals surface area contributed by atoms with E-state index in [1.807, 2.05) is 26.0 Å². The molecule has 0 aliphatic heterocycles. The summed E-state index contributed by atoms with van der Waals surface area (Å²) in [5, 5.41) is 9.68. The quantitative estimate of drug-likeness (QED) is 0.869. The fourth-order valence-electron chi connectivity index (χ4n) is 2.13. The van der Waals surface area contributed by atoms with Crippen LogP contribution in [-0.4, -0.2) is 41.7 Å². The minimum Gasteiger partial charge on any atom is -0.493 e. The molecule has 0 atom stereocenters. The summed E-state index contributed by atoms with van der Waals surface area (Å²) in [7, 11) is 1.69. The summed E-state index contributed by atoms with van der Waals surface area (Å²) in [4.78, 5) is 13.4. The van der Waals surface area contributed by atoms with Crippen molar-refractivity contribution in [3.05, 3.63) is 29.3 Å². The van der Waals surface area contributed by atoms with Crippen LogP contribution in [-0.2, 0) is 4.79 Å². The maximum absolute atomic E-state index is 11.9. The Morgan fingerprint density at radius 3 is 2.30 bits per heavy atom. The lowest BCUT2D eigenvalue weighted by atomic mass is 10.1. The van der Waals surface area contributed by atoms with Gasteiger partial charge in [-0.1, -0.05) is 6.07 Å². The average molecular weight is 279 g/mol. The minimum atomic E-state index is -0.876. The molecule has 0 aromatic heterocycles. The van der Waals surface area contributed by atoms with Gasteiger partial charge in [0, 0.05) is 13.6 Å². The van der Waals surface area contributed by atoms with Gasteiger partial charge in [0.15, 0.2) is 0 Å². The van der Waals surface area contributed by atoms with Crippen LogP contribution in [0.25, 0.3) is 0 Å². The monoisotopic (exact) mass is 279 g/mol. The van der Waals surface area contributed by atoms with Crippen molar-refractivity contribution in [3.8, 4) is 5.75 Å². The molecule has 0 bridgehead atoms. The van der Waals surface area contributed by atoms with Crippen LogP contribution in [0.15, 0.2) is 18.2 Å². The number of hydrogen-bond donors (Lipinski definition) is 1. The molecule has 1 amide bonds. The molecule has 0 heterocycles. The molecule has 0 aliphatic carbocycles. The highest BCUT2D eigenvalue weighted by Crippen LogP contribution is 2.16. The Morgan fingerprint density at radius 1 is 1.25 bits per heavy atom. The van der Waals surface area contributed by atoms with Crippen molar-refractivity contribution in [1.82, 2.24) is 4.90 Å². The van der Waals surface area contributed by atoms with Gasteiger partial charge in [0.2, 0.25) is 5.91 Å². The third kappa shape index (κ3) is 6.06. The first-order valence-electron chi connectivity index (χ1n) is 6.85. The van der Waals surface area contributed by atoms with Crippen molar-refractivity contribution >= 4 is 5.91 Å². The average Bonchev–Trinajstić information content (AvgIpc) is 2.25. The molecule has 0 radical (unpaired) electrons. The maximum Gasteiger partial charge on any atom is 0.225 e. The molecular formula is C16H25NO3. The van der Waals surface area contributed by atoms with Gasteiger partial charge in [0.05, 0.1) is 18.6 Å². The van der Waals surface area contributed by atoms with Crippen LogP contribution in [0.2, 0.25) is 0 Å². The van der Waals surface area contributed by atoms with Crippen molar-refractivity contribution in [2.75, 3.05) is 20.2 Å². The molecule has 0 spiro atoms. The number of aryl methyl sites for hydroxylation is 2. The molecule has 4 heteroatoms. The molecular weight excluding hydrogens is 254 g/mol. The van der Waals surface area contributed by atoms with E-state index in [4.69, 9.17) is 4.74 Å². The van der Waals surface area contributed by atoms with Gasteiger partial charge in [-0.15, -0.1) is 0 Å². The standard InChI is InChI=1S/C16H25NO3/c1-12-8-13(2)10-14(9-12)20-7-6-15(18)17(5)11-16(3,4)19/h8-10,19H,6-7,11H2,1-5H3. The van der Waals surface area contributed by atoms with Gasteiger partial charge in [0.25, 0.3) is 0 Å². The Labute approximate surface area is 121 Å². The molecule has 4 nitrogen and oxygen atoms in total. The Balaban J connectivity index is 2.42. The smallest absolute Gasteiger partial charge is 0.225 e. The number of rotatable bonds is 6. The zero-order chi connectivity index (χ0) is 15.3. The van der Waals surface area contributed by atoms with Crippen LogP contribution >= 0.6 is 0 Å². The Bertz CT molecular complexity index is 443. The molecule has 0 fully saturated rings. The largest absolute Gasteiger partial charge is 0.493 e. The van der Waals surface area contributed by atoms with Crippen molar-refractivity contribution in [1.29, 1.82) is 0 Å². The third-order valence-electron chi connectivity index (χ3n) is 2.83. The number of aliphatic hydroxyl groups is 1. The van der Waals surface area contributed by atoms with Gasteiger partial charge in [-0.05, 0) is 51.0 Å². The zero-order valence-corrected chi connectivity index (χ0v) is 13.1. The summed E-state index contributed by atoms with van der Waals surface area (Å²) in [6.45, 7) is 8.06. The van der Waals surface area contributed by atoms with E-state index in [0.29, 0.717) is 19.6 Å². The molecule has 0 saturated heterocycles. The van der Waals surface area contributed by atoms with E-state index < -0.39 is 5.60 Å². The highest BCUT2D eigenvalue weighted by atomic mass is 16.5. The molecule has 20 heavy (non-hydrogen) atoms. The van der Waals surface area contributed by atoms with E-state index in [2.05, 4.69) is 6.07 Å². The second-order valence-corrected chi connectivity index (χ2v) is 5.98. The SMILES string of the molecule is Cc1cc(C)cc(OCCC(=O)N(C)CC(C)(C)O)c1. The Hall–Kier alpha value is -1.55. The van der Waals surface area contributed by atoms with E-state index in [-0.39, 0.29) is 5.91 Å². The summed E-state index contributed by atoms with van der Waals surface area (Å²) < 4.78 is 5.61. The molecule has 0 aliphatic rings. The van der Waals surface area contributed by atoms with Crippen molar-refractivity contribution in [3.63, 3.8) is 0 Å². The first kappa shape index (κ1) is 16.5. The summed E-state index contributed by atoms with van der Waals surface area (Å²) in [6, 6.07) is 5.99. The molecule has 1 aromatic carbocycles. The van der Waals surface area contributed by atoms with Gasteiger partial charge >= 0.3 is 0 Å². The van der Waals surface area contributed by atoms with Gasteiger partial charge in [-0.3, -0.25) is 4.79 Å². The van der Waals surface area contributed by atoms with Gasteiger partial charge < -0.3 is 14.7 Å². The van der Waals surface area contributed by atoms with E-state index in [0.717, 1.165) is 16.9 Å². The van der Waals surface area contributed by atoms with Crippen LogP contribution in [0.3, 0.4) is 0 Å². The van der Waals surface area contributed by atoms with Crippen LogP contribution < -0.4 is 4.74 Å². The fraction of sp³-hybridized carbons (Fsp3) is 0.562. The second-order valence-electron chi connectivity index (χ2n) is 5.98.